The van der Waals surface area contributed by atoms with Gasteiger partial charge in [-0.15, -0.1) is 0 Å². The average Bonchev–Trinajstić information content (AvgIpc) is 2.92. The fourth-order valence-corrected chi connectivity index (χ4v) is 1.16. The Kier molecular flexibility index (Phi) is 2.14. The van der Waals surface area contributed by atoms with E-state index in [0.717, 1.165) is 19.1 Å². The molecule has 1 aliphatic heterocycles. The highest BCUT2D eigenvalue weighted by molar-refractivity contribution is 5.79. The molecular weight excluding hydrogens is 168 g/mol. The number of ether oxygens (including phenoxy) is 1. The molecule has 2 rings (SSSR count). The van der Waals surface area contributed by atoms with Crippen molar-refractivity contribution in [1.82, 2.24) is 0 Å². The number of nitrogens with two attached hydrogens (primary N) is 1. The zero-order valence-electron chi connectivity index (χ0n) is 7.22. The van der Waals surface area contributed by atoms with Gasteiger partial charge in [0.25, 0.3) is 0 Å². The maximum Gasteiger partial charge on any atom is 0.134 e. The summed E-state index contributed by atoms with van der Waals surface area (Å²) in [7, 11) is 0. The third kappa shape index (κ3) is 1.95. The van der Waals surface area contributed by atoms with Crippen LogP contribution in [-0.4, -0.2) is 24.8 Å². The molecule has 0 aromatic rings. The van der Waals surface area contributed by atoms with Crippen molar-refractivity contribution in [2.75, 3.05) is 0 Å². The van der Waals surface area contributed by atoms with Crippen LogP contribution in [0.5, 0.6) is 0 Å². The van der Waals surface area contributed by atoms with Gasteiger partial charge in [0.1, 0.15) is 18.2 Å². The summed E-state index contributed by atoms with van der Waals surface area (Å²) >= 11 is 0. The summed E-state index contributed by atoms with van der Waals surface area (Å²) in [6.07, 6.45) is 6.23. The lowest BCUT2D eigenvalue weighted by atomic mass is 10.1. The number of rotatable bonds is 3. The number of nitrogens with zero attached hydrogens (tertiary/aromatic N) is 1. The van der Waals surface area contributed by atoms with Gasteiger partial charge in [0.05, 0.1) is 18.2 Å². The maximum absolute atomic E-state index is 10.6. The number of carbonyl (C=O) groups excluding carboxylic acids is 1. The molecule has 2 N–H and O–H groups in total. The molecule has 0 saturated heterocycles. The zero-order chi connectivity index (χ0) is 9.26. The number of hydrogen-bond donors (Lipinski definition) is 1. The molecule has 0 amide bonds. The van der Waals surface area contributed by atoms with Crippen molar-refractivity contribution >= 4 is 12.5 Å². The Hall–Kier alpha value is -1.16. The molecule has 0 spiro atoms. The first-order valence-electron chi connectivity index (χ1n) is 4.42. The molecule has 0 bridgehead atoms. The summed E-state index contributed by atoms with van der Waals surface area (Å²) in [6.45, 7) is 0. The topological polar surface area (TPSA) is 64.7 Å². The van der Waals surface area contributed by atoms with E-state index in [1.165, 1.54) is 0 Å². The summed E-state index contributed by atoms with van der Waals surface area (Å²) in [6, 6.07) is 0. The van der Waals surface area contributed by atoms with E-state index in [4.69, 9.17) is 10.5 Å². The minimum Gasteiger partial charge on any atom is -0.489 e. The summed E-state index contributed by atoms with van der Waals surface area (Å²) in [5.74, 6) is 0.347. The second-order valence-electron chi connectivity index (χ2n) is 3.37. The normalized spacial score (nSPS) is 32.5. The number of dihydropyridines is 1. The van der Waals surface area contributed by atoms with Crippen molar-refractivity contribution in [2.45, 2.75) is 25.1 Å². The van der Waals surface area contributed by atoms with Crippen LogP contribution in [0.15, 0.2) is 16.8 Å². The van der Waals surface area contributed by atoms with Gasteiger partial charge in [0.2, 0.25) is 0 Å². The van der Waals surface area contributed by atoms with Crippen molar-refractivity contribution in [3.05, 3.63) is 11.8 Å². The summed E-state index contributed by atoms with van der Waals surface area (Å²) in [5, 5.41) is 0. The molecule has 1 heterocycles. The van der Waals surface area contributed by atoms with Crippen LogP contribution >= 0.6 is 0 Å². The third-order valence-corrected chi connectivity index (χ3v) is 2.11. The maximum atomic E-state index is 10.6. The van der Waals surface area contributed by atoms with Gasteiger partial charge < -0.3 is 15.3 Å². The second kappa shape index (κ2) is 3.30. The number of allylic oxidation sites excluding steroid dienone is 1. The van der Waals surface area contributed by atoms with Gasteiger partial charge in [-0.25, -0.2) is 0 Å². The minimum absolute atomic E-state index is 0.333. The molecule has 2 aliphatic rings. The number of hydrogen-bond acceptors (Lipinski definition) is 4. The third-order valence-electron chi connectivity index (χ3n) is 2.11. The SMILES string of the molecule is NC1N=CC(OC2CC2)=CC1C=O. The van der Waals surface area contributed by atoms with Gasteiger partial charge >= 0.3 is 0 Å². The largest absolute Gasteiger partial charge is 0.489 e. The molecule has 0 radical (unpaired) electrons. The van der Waals surface area contributed by atoms with Crippen LogP contribution < -0.4 is 5.73 Å². The Balaban J connectivity index is 2.01. The molecule has 13 heavy (non-hydrogen) atoms. The van der Waals surface area contributed by atoms with Crippen LogP contribution in [0.2, 0.25) is 0 Å². The predicted octanol–water partition coefficient (Wildman–Crippen LogP) is 0.234. The molecule has 2 unspecified atom stereocenters. The van der Waals surface area contributed by atoms with Crippen molar-refractivity contribution in [3.63, 3.8) is 0 Å². The summed E-state index contributed by atoms with van der Waals surface area (Å²) in [4.78, 5) is 14.5. The number of aliphatic imine (C=N–C) groups is 1. The van der Waals surface area contributed by atoms with Crippen LogP contribution in [0.25, 0.3) is 0 Å². The van der Waals surface area contributed by atoms with Gasteiger partial charge in [-0.3, -0.25) is 4.99 Å². The number of carbonyl (C=O) groups is 1. The van der Waals surface area contributed by atoms with Crippen LogP contribution in [0.1, 0.15) is 12.8 Å². The van der Waals surface area contributed by atoms with E-state index in [-0.39, 0.29) is 5.92 Å². The van der Waals surface area contributed by atoms with Crippen molar-refractivity contribution in [3.8, 4) is 0 Å². The Bertz CT molecular complexity index is 269. The number of aldehydes is 1. The molecule has 1 saturated carbocycles. The van der Waals surface area contributed by atoms with Crippen molar-refractivity contribution in [2.24, 2.45) is 16.6 Å². The lowest BCUT2D eigenvalue weighted by Crippen LogP contribution is -2.31. The van der Waals surface area contributed by atoms with E-state index in [1.807, 2.05) is 0 Å². The Labute approximate surface area is 76.5 Å². The lowest BCUT2D eigenvalue weighted by Gasteiger charge is -2.17. The van der Waals surface area contributed by atoms with Crippen LogP contribution in [0.4, 0.5) is 0 Å². The van der Waals surface area contributed by atoms with Gasteiger partial charge in [0, 0.05) is 0 Å². The van der Waals surface area contributed by atoms with Gasteiger partial charge in [0.15, 0.2) is 0 Å². The molecule has 70 valence electrons. The van der Waals surface area contributed by atoms with Gasteiger partial charge in [-0.05, 0) is 18.9 Å². The standard InChI is InChI=1S/C9H12N2O2/c10-9-6(5-12)3-8(4-11-9)13-7-1-2-7/h3-7,9H,1-2,10H2. The van der Waals surface area contributed by atoms with Crippen LogP contribution in [-0.2, 0) is 9.53 Å². The van der Waals surface area contributed by atoms with Crippen LogP contribution in [0, 0.1) is 5.92 Å². The quantitative estimate of drug-likeness (QED) is 0.632. The smallest absolute Gasteiger partial charge is 0.134 e. The van der Waals surface area contributed by atoms with Crippen molar-refractivity contribution < 1.29 is 9.53 Å². The molecule has 1 aliphatic carbocycles. The first-order chi connectivity index (χ1) is 6.29. The van der Waals surface area contributed by atoms with E-state index in [1.54, 1.807) is 12.3 Å². The second-order valence-corrected chi connectivity index (χ2v) is 3.37. The molecule has 2 atom stereocenters. The van der Waals surface area contributed by atoms with Gasteiger partial charge in [-0.1, -0.05) is 0 Å². The van der Waals surface area contributed by atoms with E-state index >= 15 is 0 Å². The highest BCUT2D eigenvalue weighted by Crippen LogP contribution is 2.27. The fraction of sp³-hybridized carbons (Fsp3) is 0.556. The zero-order valence-corrected chi connectivity index (χ0v) is 7.22. The molecule has 0 aromatic carbocycles. The Morgan fingerprint density at radius 1 is 1.62 bits per heavy atom. The minimum atomic E-state index is -0.441. The van der Waals surface area contributed by atoms with E-state index in [0.29, 0.717) is 11.9 Å². The molecule has 0 aromatic heterocycles. The Morgan fingerprint density at radius 2 is 2.38 bits per heavy atom. The van der Waals surface area contributed by atoms with E-state index in [9.17, 15) is 4.79 Å². The molecule has 4 nitrogen and oxygen atoms in total. The summed E-state index contributed by atoms with van der Waals surface area (Å²) < 4.78 is 5.48. The average molecular weight is 180 g/mol. The highest BCUT2D eigenvalue weighted by atomic mass is 16.5. The lowest BCUT2D eigenvalue weighted by molar-refractivity contribution is -0.110. The molecule has 1 fully saturated rings. The van der Waals surface area contributed by atoms with Crippen molar-refractivity contribution in [1.29, 1.82) is 0 Å². The predicted molar refractivity (Wildman–Crippen MR) is 48.2 cm³/mol. The highest BCUT2D eigenvalue weighted by Gasteiger charge is 2.26. The first kappa shape index (κ1) is 8.44. The van der Waals surface area contributed by atoms with E-state index in [2.05, 4.69) is 4.99 Å². The molecule has 4 heteroatoms. The van der Waals surface area contributed by atoms with Crippen LogP contribution in [0.3, 0.4) is 0 Å². The summed E-state index contributed by atoms with van der Waals surface area (Å²) in [5.41, 5.74) is 5.57. The molecular formula is C9H12N2O2. The Morgan fingerprint density at radius 3 is 3.00 bits per heavy atom. The van der Waals surface area contributed by atoms with E-state index < -0.39 is 6.17 Å². The van der Waals surface area contributed by atoms with Gasteiger partial charge in [-0.2, -0.15) is 0 Å². The monoisotopic (exact) mass is 180 g/mol. The fourth-order valence-electron chi connectivity index (χ4n) is 1.16. The first-order valence-corrected chi connectivity index (χ1v) is 4.42.